The molecular weight excluding hydrogens is 401 g/mol. The molecule has 0 unspecified atom stereocenters. The average molecular weight is 411 g/mol. The van der Waals surface area contributed by atoms with Gasteiger partial charge in [-0.15, -0.1) is 0 Å². The van der Waals surface area contributed by atoms with Gasteiger partial charge >= 0.3 is 11.9 Å². The van der Waals surface area contributed by atoms with Gasteiger partial charge in [-0.1, -0.05) is 0 Å². The number of carbonyl (C=O) groups is 3. The molecule has 6 nitrogen and oxygen atoms in total. The number of carbonyl (C=O) groups excluding carboxylic acids is 1. The fourth-order valence-corrected chi connectivity index (χ4v) is 2.14. The molecule has 0 aliphatic heterocycles. The number of rotatable bonds is 4. The van der Waals surface area contributed by atoms with Crippen LogP contribution in [-0.2, 0) is 0 Å². The number of nitrogens with one attached hydrogen (secondary N) is 1. The van der Waals surface area contributed by atoms with Gasteiger partial charge in [-0.2, -0.15) is 0 Å². The van der Waals surface area contributed by atoms with Gasteiger partial charge in [0.15, 0.2) is 0 Å². The molecule has 0 spiro atoms. The maximum atomic E-state index is 12.2. The summed E-state index contributed by atoms with van der Waals surface area (Å²) in [6.07, 6.45) is 0. The summed E-state index contributed by atoms with van der Waals surface area (Å²) in [5, 5.41) is 20.6. The summed E-state index contributed by atoms with van der Waals surface area (Å²) < 4.78 is 0.993. The van der Waals surface area contributed by atoms with Gasteiger partial charge in [0.1, 0.15) is 0 Å². The van der Waals surface area contributed by atoms with Crippen molar-refractivity contribution in [2.75, 3.05) is 5.32 Å². The molecule has 2 aromatic rings. The molecule has 1 amide bonds. The van der Waals surface area contributed by atoms with Gasteiger partial charge in [0.25, 0.3) is 5.91 Å². The zero-order valence-corrected chi connectivity index (χ0v) is 13.2. The first-order valence-corrected chi connectivity index (χ1v) is 7.14. The zero-order chi connectivity index (χ0) is 16.3. The van der Waals surface area contributed by atoms with E-state index in [1.54, 1.807) is 24.3 Å². The van der Waals surface area contributed by atoms with Crippen molar-refractivity contribution in [3.05, 3.63) is 62.7 Å². The highest BCUT2D eigenvalue weighted by Crippen LogP contribution is 2.16. The number of hydrogen-bond donors (Lipinski definition) is 3. The highest BCUT2D eigenvalue weighted by atomic mass is 127. The zero-order valence-electron chi connectivity index (χ0n) is 11.0. The molecule has 0 radical (unpaired) electrons. The Hall–Kier alpha value is -2.42. The predicted molar refractivity (Wildman–Crippen MR) is 87.5 cm³/mol. The summed E-state index contributed by atoms with van der Waals surface area (Å²) in [4.78, 5) is 34.3. The summed E-state index contributed by atoms with van der Waals surface area (Å²) in [5.41, 5.74) is -0.133. The van der Waals surface area contributed by atoms with Crippen molar-refractivity contribution >= 4 is 46.1 Å². The van der Waals surface area contributed by atoms with Crippen LogP contribution in [0.2, 0.25) is 0 Å². The molecule has 112 valence electrons. The quantitative estimate of drug-likeness (QED) is 0.672. The van der Waals surface area contributed by atoms with Crippen molar-refractivity contribution < 1.29 is 24.6 Å². The maximum Gasteiger partial charge on any atom is 0.336 e. The Morgan fingerprint density at radius 3 is 2.05 bits per heavy atom. The van der Waals surface area contributed by atoms with Crippen LogP contribution in [0.4, 0.5) is 5.69 Å². The van der Waals surface area contributed by atoms with Crippen LogP contribution in [0, 0.1) is 3.57 Å². The third-order valence-corrected chi connectivity index (χ3v) is 3.56. The molecule has 0 aliphatic rings. The van der Waals surface area contributed by atoms with Gasteiger partial charge in [-0.25, -0.2) is 9.59 Å². The van der Waals surface area contributed by atoms with Crippen LogP contribution in [0.1, 0.15) is 31.1 Å². The summed E-state index contributed by atoms with van der Waals surface area (Å²) >= 11 is 2.12. The Labute approximate surface area is 138 Å². The second-order valence-corrected chi connectivity index (χ2v) is 5.58. The number of aromatic carboxylic acids is 2. The molecule has 0 fully saturated rings. The van der Waals surface area contributed by atoms with E-state index >= 15 is 0 Å². The molecule has 0 aromatic heterocycles. The third-order valence-electron chi connectivity index (χ3n) is 2.84. The van der Waals surface area contributed by atoms with Crippen LogP contribution in [0.25, 0.3) is 0 Å². The number of carboxylic acid groups (broad SMARTS) is 2. The Bertz CT molecular complexity index is 755. The molecule has 0 saturated carbocycles. The molecule has 2 rings (SSSR count). The second kappa shape index (κ2) is 6.56. The Balaban J connectivity index is 2.34. The number of anilines is 1. The first-order chi connectivity index (χ1) is 10.4. The molecule has 0 atom stereocenters. The molecule has 0 saturated heterocycles. The number of amides is 1. The molecule has 22 heavy (non-hydrogen) atoms. The lowest BCUT2D eigenvalue weighted by Crippen LogP contribution is -2.17. The molecule has 0 aliphatic carbocycles. The lowest BCUT2D eigenvalue weighted by molar-refractivity contribution is 0.0692. The van der Waals surface area contributed by atoms with E-state index < -0.39 is 17.8 Å². The van der Waals surface area contributed by atoms with E-state index in [0.29, 0.717) is 5.69 Å². The molecule has 0 heterocycles. The SMILES string of the molecule is O=C(O)c1ccc(C(=O)Nc2ccc(I)cc2)c(C(=O)O)c1. The number of benzene rings is 2. The molecular formula is C15H10INO5. The van der Waals surface area contributed by atoms with Crippen molar-refractivity contribution in [3.63, 3.8) is 0 Å². The van der Waals surface area contributed by atoms with E-state index in [2.05, 4.69) is 27.9 Å². The number of halogens is 1. The van der Waals surface area contributed by atoms with E-state index in [4.69, 9.17) is 10.2 Å². The number of carboxylic acids is 2. The lowest BCUT2D eigenvalue weighted by atomic mass is 10.0. The van der Waals surface area contributed by atoms with Crippen molar-refractivity contribution in [1.82, 2.24) is 0 Å². The monoisotopic (exact) mass is 411 g/mol. The first-order valence-electron chi connectivity index (χ1n) is 6.06. The largest absolute Gasteiger partial charge is 0.478 e. The number of hydrogen-bond acceptors (Lipinski definition) is 3. The minimum atomic E-state index is -1.36. The Morgan fingerprint density at radius 2 is 1.50 bits per heavy atom. The van der Waals surface area contributed by atoms with Crippen LogP contribution in [-0.4, -0.2) is 28.1 Å². The summed E-state index contributed by atoms with van der Waals surface area (Å²) in [6.45, 7) is 0. The highest BCUT2D eigenvalue weighted by molar-refractivity contribution is 14.1. The first kappa shape index (κ1) is 16.0. The van der Waals surface area contributed by atoms with E-state index in [1.165, 1.54) is 12.1 Å². The van der Waals surface area contributed by atoms with Crippen LogP contribution in [0.5, 0.6) is 0 Å². The fraction of sp³-hybridized carbons (Fsp3) is 0. The van der Waals surface area contributed by atoms with Crippen molar-refractivity contribution in [2.45, 2.75) is 0 Å². The predicted octanol–water partition coefficient (Wildman–Crippen LogP) is 2.94. The minimum Gasteiger partial charge on any atom is -0.478 e. The van der Waals surface area contributed by atoms with Gasteiger partial charge in [0.2, 0.25) is 0 Å². The van der Waals surface area contributed by atoms with Gasteiger partial charge in [-0.05, 0) is 65.1 Å². The van der Waals surface area contributed by atoms with Gasteiger partial charge in [-0.3, -0.25) is 4.79 Å². The van der Waals surface area contributed by atoms with Crippen LogP contribution in [0.3, 0.4) is 0 Å². The highest BCUT2D eigenvalue weighted by Gasteiger charge is 2.19. The molecule has 3 N–H and O–H groups in total. The van der Waals surface area contributed by atoms with Crippen molar-refractivity contribution in [3.8, 4) is 0 Å². The second-order valence-electron chi connectivity index (χ2n) is 4.33. The Morgan fingerprint density at radius 1 is 0.864 bits per heavy atom. The summed E-state index contributed by atoms with van der Waals surface area (Å²) in [6, 6.07) is 10.3. The van der Waals surface area contributed by atoms with Gasteiger partial charge in [0.05, 0.1) is 16.7 Å². The van der Waals surface area contributed by atoms with E-state index in [0.717, 1.165) is 9.64 Å². The normalized spacial score (nSPS) is 10.0. The Kier molecular flexibility index (Phi) is 4.76. The van der Waals surface area contributed by atoms with Gasteiger partial charge in [0, 0.05) is 9.26 Å². The molecule has 7 heteroatoms. The molecule has 2 aromatic carbocycles. The topological polar surface area (TPSA) is 104 Å². The van der Waals surface area contributed by atoms with E-state index in [9.17, 15) is 14.4 Å². The van der Waals surface area contributed by atoms with Crippen LogP contribution >= 0.6 is 22.6 Å². The van der Waals surface area contributed by atoms with Crippen molar-refractivity contribution in [2.24, 2.45) is 0 Å². The summed E-state index contributed by atoms with van der Waals surface area (Å²) in [5.74, 6) is -3.24. The fourth-order valence-electron chi connectivity index (χ4n) is 1.78. The van der Waals surface area contributed by atoms with E-state index in [1.807, 2.05) is 0 Å². The lowest BCUT2D eigenvalue weighted by Gasteiger charge is -2.09. The standard InChI is InChI=1S/C15H10INO5/c16-9-2-4-10(5-3-9)17-13(18)11-6-1-8(14(19)20)7-12(11)15(21)22/h1-7H,(H,17,18)(H,19,20)(H,21,22). The average Bonchev–Trinajstić information content (AvgIpc) is 2.48. The van der Waals surface area contributed by atoms with E-state index in [-0.39, 0.29) is 16.7 Å². The van der Waals surface area contributed by atoms with Crippen LogP contribution < -0.4 is 5.32 Å². The minimum absolute atomic E-state index is 0.101. The van der Waals surface area contributed by atoms with Crippen molar-refractivity contribution in [1.29, 1.82) is 0 Å². The smallest absolute Gasteiger partial charge is 0.336 e. The molecule has 0 bridgehead atoms. The van der Waals surface area contributed by atoms with Gasteiger partial charge < -0.3 is 15.5 Å². The summed E-state index contributed by atoms with van der Waals surface area (Å²) in [7, 11) is 0. The van der Waals surface area contributed by atoms with Crippen LogP contribution in [0.15, 0.2) is 42.5 Å². The third kappa shape index (κ3) is 3.61. The maximum absolute atomic E-state index is 12.2.